The summed E-state index contributed by atoms with van der Waals surface area (Å²) in [6.45, 7) is 6.22. The van der Waals surface area contributed by atoms with Gasteiger partial charge in [-0.25, -0.2) is 12.8 Å². The summed E-state index contributed by atoms with van der Waals surface area (Å²) in [6, 6.07) is 3.31. The Kier molecular flexibility index (Phi) is 5.95. The van der Waals surface area contributed by atoms with Gasteiger partial charge in [0.15, 0.2) is 0 Å². The van der Waals surface area contributed by atoms with E-state index in [2.05, 4.69) is 0 Å². The molecule has 0 saturated heterocycles. The molecule has 0 amide bonds. The van der Waals surface area contributed by atoms with Crippen LogP contribution in [0.25, 0.3) is 0 Å². The fraction of sp³-hybridized carbons (Fsp3) is 0.571. The molecule has 1 unspecified atom stereocenters. The summed E-state index contributed by atoms with van der Waals surface area (Å²) in [5, 5.41) is 0. The van der Waals surface area contributed by atoms with Gasteiger partial charge in [0.25, 0.3) is 0 Å². The van der Waals surface area contributed by atoms with E-state index in [0.717, 1.165) is 25.0 Å². The highest BCUT2D eigenvalue weighted by atomic mass is 32.2. The molecule has 1 rings (SSSR count). The lowest BCUT2D eigenvalue weighted by atomic mass is 10.2. The molecule has 1 aromatic carbocycles. The molecule has 6 heteroatoms. The Morgan fingerprint density at radius 1 is 1.30 bits per heavy atom. The number of hydrogen-bond donors (Lipinski definition) is 1. The molecule has 0 aliphatic rings. The topological polar surface area (TPSA) is 63.4 Å². The maximum Gasteiger partial charge on any atom is 0.243 e. The molecule has 20 heavy (non-hydrogen) atoms. The van der Waals surface area contributed by atoms with Crippen molar-refractivity contribution in [1.82, 2.24) is 4.31 Å². The van der Waals surface area contributed by atoms with Gasteiger partial charge in [0.2, 0.25) is 10.0 Å². The molecule has 0 spiro atoms. The summed E-state index contributed by atoms with van der Waals surface area (Å²) in [5.41, 5.74) is 5.66. The fourth-order valence-corrected chi connectivity index (χ4v) is 3.77. The zero-order valence-electron chi connectivity index (χ0n) is 12.3. The smallest absolute Gasteiger partial charge is 0.243 e. The summed E-state index contributed by atoms with van der Waals surface area (Å²) >= 11 is 0. The van der Waals surface area contributed by atoms with Crippen LogP contribution < -0.4 is 5.73 Å². The number of nitrogens with zero attached hydrogens (tertiary/aromatic N) is 1. The third-order valence-corrected chi connectivity index (χ3v) is 5.31. The van der Waals surface area contributed by atoms with E-state index >= 15 is 0 Å². The molecule has 0 aromatic heterocycles. The van der Waals surface area contributed by atoms with Crippen molar-refractivity contribution in [3.63, 3.8) is 0 Å². The van der Waals surface area contributed by atoms with Crippen LogP contribution in [0.5, 0.6) is 0 Å². The Labute approximate surface area is 120 Å². The molecule has 1 atom stereocenters. The maximum absolute atomic E-state index is 13.4. The van der Waals surface area contributed by atoms with E-state index < -0.39 is 15.8 Å². The number of unbranched alkanes of at least 4 members (excludes halogenated alkanes) is 1. The number of nitrogens with two attached hydrogens (primary N) is 1. The SMILES string of the molecule is CCCCN(C(C)CC)S(=O)(=O)c1cc(N)cc(F)c1. The highest BCUT2D eigenvalue weighted by Crippen LogP contribution is 2.23. The van der Waals surface area contributed by atoms with Crippen molar-refractivity contribution in [2.45, 2.75) is 51.0 Å². The molecule has 0 bridgehead atoms. The zero-order valence-corrected chi connectivity index (χ0v) is 13.1. The summed E-state index contributed by atoms with van der Waals surface area (Å²) < 4.78 is 40.1. The van der Waals surface area contributed by atoms with Gasteiger partial charge in [0, 0.05) is 18.3 Å². The van der Waals surface area contributed by atoms with Crippen LogP contribution in [0, 0.1) is 5.82 Å². The van der Waals surface area contributed by atoms with Crippen LogP contribution in [0.15, 0.2) is 23.1 Å². The molecule has 1 aromatic rings. The lowest BCUT2D eigenvalue weighted by Gasteiger charge is -2.27. The third-order valence-electron chi connectivity index (χ3n) is 3.31. The average molecular weight is 302 g/mol. The Bertz CT molecular complexity index is 526. The van der Waals surface area contributed by atoms with Crippen molar-refractivity contribution in [3.8, 4) is 0 Å². The molecule has 0 radical (unpaired) electrons. The van der Waals surface area contributed by atoms with Crippen molar-refractivity contribution in [2.24, 2.45) is 0 Å². The summed E-state index contributed by atoms with van der Waals surface area (Å²) in [6.07, 6.45) is 2.37. The largest absolute Gasteiger partial charge is 0.399 e. The maximum atomic E-state index is 13.4. The molecule has 0 heterocycles. The van der Waals surface area contributed by atoms with Crippen LogP contribution in [0.2, 0.25) is 0 Å². The Hall–Kier alpha value is -1.14. The molecule has 2 N–H and O–H groups in total. The highest BCUT2D eigenvalue weighted by Gasteiger charge is 2.28. The monoisotopic (exact) mass is 302 g/mol. The standard InChI is InChI=1S/C14H23FN2O2S/c1-4-6-7-17(11(3)5-2)20(18,19)14-9-12(15)8-13(16)10-14/h8-11H,4-7,16H2,1-3H3. The molecule has 0 saturated carbocycles. The lowest BCUT2D eigenvalue weighted by Crippen LogP contribution is -2.39. The van der Waals surface area contributed by atoms with Crippen molar-refractivity contribution in [3.05, 3.63) is 24.0 Å². The Balaban J connectivity index is 3.21. The minimum Gasteiger partial charge on any atom is -0.399 e. The average Bonchev–Trinajstić information content (AvgIpc) is 2.37. The van der Waals surface area contributed by atoms with Crippen molar-refractivity contribution in [1.29, 1.82) is 0 Å². The van der Waals surface area contributed by atoms with Gasteiger partial charge in [-0.05, 0) is 38.0 Å². The molecule has 114 valence electrons. The van der Waals surface area contributed by atoms with Crippen LogP contribution >= 0.6 is 0 Å². The van der Waals surface area contributed by atoms with Crippen LogP contribution in [0.3, 0.4) is 0 Å². The minimum absolute atomic E-state index is 0.0774. The first-order chi connectivity index (χ1) is 9.32. The van der Waals surface area contributed by atoms with Gasteiger partial charge in [-0.2, -0.15) is 4.31 Å². The van der Waals surface area contributed by atoms with Crippen molar-refractivity contribution < 1.29 is 12.8 Å². The first-order valence-corrected chi connectivity index (χ1v) is 8.34. The zero-order chi connectivity index (χ0) is 15.3. The molecule has 4 nitrogen and oxygen atoms in total. The molecular weight excluding hydrogens is 279 g/mol. The quantitative estimate of drug-likeness (QED) is 0.788. The molecule has 0 fully saturated rings. The minimum atomic E-state index is -3.72. The number of halogens is 1. The Morgan fingerprint density at radius 3 is 2.45 bits per heavy atom. The van der Waals surface area contributed by atoms with Gasteiger partial charge in [0.05, 0.1) is 4.90 Å². The Morgan fingerprint density at radius 2 is 1.95 bits per heavy atom. The van der Waals surface area contributed by atoms with Gasteiger partial charge >= 0.3 is 0 Å². The predicted octanol–water partition coefficient (Wildman–Crippen LogP) is 3.00. The van der Waals surface area contributed by atoms with E-state index in [0.29, 0.717) is 13.0 Å². The number of sulfonamides is 1. The van der Waals surface area contributed by atoms with Crippen LogP contribution in [-0.2, 0) is 10.0 Å². The first-order valence-electron chi connectivity index (χ1n) is 6.90. The second-order valence-electron chi connectivity index (χ2n) is 4.95. The molecular formula is C14H23FN2O2S. The lowest BCUT2D eigenvalue weighted by molar-refractivity contribution is 0.324. The second kappa shape index (κ2) is 7.04. The van der Waals surface area contributed by atoms with Crippen molar-refractivity contribution >= 4 is 15.7 Å². The normalized spacial score (nSPS) is 13.7. The highest BCUT2D eigenvalue weighted by molar-refractivity contribution is 7.89. The van der Waals surface area contributed by atoms with Gasteiger partial charge in [-0.1, -0.05) is 20.3 Å². The summed E-state index contributed by atoms with van der Waals surface area (Å²) in [5.74, 6) is -0.636. The predicted molar refractivity (Wildman–Crippen MR) is 79.4 cm³/mol. The van der Waals surface area contributed by atoms with Crippen LogP contribution in [0.1, 0.15) is 40.0 Å². The number of hydrogen-bond acceptors (Lipinski definition) is 3. The van der Waals surface area contributed by atoms with E-state index in [1.54, 1.807) is 0 Å². The molecule has 0 aliphatic heterocycles. The van der Waals surface area contributed by atoms with Crippen LogP contribution in [0.4, 0.5) is 10.1 Å². The van der Waals surface area contributed by atoms with E-state index in [1.807, 2.05) is 20.8 Å². The molecule has 0 aliphatic carbocycles. The van der Waals surface area contributed by atoms with E-state index in [1.165, 1.54) is 10.4 Å². The number of rotatable bonds is 7. The first kappa shape index (κ1) is 16.9. The van der Waals surface area contributed by atoms with Crippen molar-refractivity contribution in [2.75, 3.05) is 12.3 Å². The van der Waals surface area contributed by atoms with Gasteiger partial charge in [0.1, 0.15) is 5.82 Å². The number of benzene rings is 1. The summed E-state index contributed by atoms with van der Waals surface area (Å²) in [7, 11) is -3.72. The van der Waals surface area contributed by atoms with Crippen LogP contribution in [-0.4, -0.2) is 25.3 Å². The van der Waals surface area contributed by atoms with E-state index in [-0.39, 0.29) is 16.6 Å². The van der Waals surface area contributed by atoms with Gasteiger partial charge in [-0.15, -0.1) is 0 Å². The van der Waals surface area contributed by atoms with Gasteiger partial charge < -0.3 is 5.73 Å². The van der Waals surface area contributed by atoms with E-state index in [9.17, 15) is 12.8 Å². The number of nitrogen functional groups attached to an aromatic ring is 1. The summed E-state index contributed by atoms with van der Waals surface area (Å²) in [4.78, 5) is -0.0774. The fourth-order valence-electron chi connectivity index (χ4n) is 1.96. The second-order valence-corrected chi connectivity index (χ2v) is 6.84. The number of anilines is 1. The van der Waals surface area contributed by atoms with Gasteiger partial charge in [-0.3, -0.25) is 0 Å². The third kappa shape index (κ3) is 3.93. The van der Waals surface area contributed by atoms with E-state index in [4.69, 9.17) is 5.73 Å².